The van der Waals surface area contributed by atoms with Crippen molar-refractivity contribution in [2.24, 2.45) is 5.73 Å². The van der Waals surface area contributed by atoms with Crippen molar-refractivity contribution in [2.75, 3.05) is 6.54 Å². The van der Waals surface area contributed by atoms with E-state index >= 15 is 0 Å². The fourth-order valence-electron chi connectivity index (χ4n) is 2.85. The molecule has 0 bridgehead atoms. The zero-order valence-electron chi connectivity index (χ0n) is 13.9. The Morgan fingerprint density at radius 3 is 2.80 bits per heavy atom. The fraction of sp³-hybridized carbons (Fsp3) is 0.263. The number of aromatic nitrogens is 2. The lowest BCUT2D eigenvalue weighted by molar-refractivity contribution is 0.194. The summed E-state index contributed by atoms with van der Waals surface area (Å²) in [6.45, 7) is 0.447. The Morgan fingerprint density at radius 2 is 2.00 bits per heavy atom. The Labute approximate surface area is 146 Å². The first kappa shape index (κ1) is 17.0. The van der Waals surface area contributed by atoms with E-state index in [2.05, 4.69) is 45.6 Å². The minimum absolute atomic E-state index is 0.181. The summed E-state index contributed by atoms with van der Waals surface area (Å²) in [6.07, 6.45) is 3.18. The number of unbranched alkanes of at least 4 members (excludes halogenated alkanes) is 1. The first-order chi connectivity index (χ1) is 12.1. The number of carboxylic acid groups (broad SMARTS) is 1. The van der Waals surface area contributed by atoms with E-state index in [-0.39, 0.29) is 6.04 Å². The lowest BCUT2D eigenvalue weighted by Crippen LogP contribution is -2.22. The molecular weight excluding hydrogens is 316 g/mol. The highest BCUT2D eigenvalue weighted by atomic mass is 16.4. The average Bonchev–Trinajstić information content (AvgIpc) is 3.11. The molecule has 0 aliphatic heterocycles. The predicted molar refractivity (Wildman–Crippen MR) is 98.3 cm³/mol. The van der Waals surface area contributed by atoms with Gasteiger partial charge in [0.05, 0.1) is 17.9 Å². The second kappa shape index (κ2) is 7.81. The number of benzene rings is 2. The van der Waals surface area contributed by atoms with E-state index < -0.39 is 6.09 Å². The Bertz CT molecular complexity index is 859. The first-order valence-electron chi connectivity index (χ1n) is 8.40. The standard InChI is InChI=1S/C19H22N4O2/c20-16(7-3-4-10-21-19(24)25)18-22-12-17(23-18)15-9-8-13-5-1-2-6-14(13)11-15/h1-2,5-6,8-9,11-12,16,21H,3-4,7,10,20H2,(H,22,23)(H,24,25). The van der Waals surface area contributed by atoms with Crippen molar-refractivity contribution in [3.8, 4) is 11.3 Å². The topological polar surface area (TPSA) is 104 Å². The number of aromatic amines is 1. The van der Waals surface area contributed by atoms with E-state index in [1.807, 2.05) is 18.3 Å². The molecule has 1 unspecified atom stereocenters. The number of fused-ring (bicyclic) bond motifs is 1. The van der Waals surface area contributed by atoms with Crippen LogP contribution in [-0.2, 0) is 0 Å². The smallest absolute Gasteiger partial charge is 0.404 e. The van der Waals surface area contributed by atoms with Crippen LogP contribution in [0.3, 0.4) is 0 Å². The van der Waals surface area contributed by atoms with Gasteiger partial charge in [-0.2, -0.15) is 0 Å². The van der Waals surface area contributed by atoms with Crippen molar-refractivity contribution >= 4 is 16.9 Å². The van der Waals surface area contributed by atoms with Gasteiger partial charge in [0.25, 0.3) is 0 Å². The van der Waals surface area contributed by atoms with Crippen LogP contribution in [0.25, 0.3) is 22.0 Å². The molecule has 0 spiro atoms. The maximum Gasteiger partial charge on any atom is 0.404 e. The number of rotatable bonds is 7. The molecule has 3 aromatic rings. The van der Waals surface area contributed by atoms with Crippen LogP contribution in [-0.4, -0.2) is 27.7 Å². The third kappa shape index (κ3) is 4.36. The van der Waals surface area contributed by atoms with E-state index in [9.17, 15) is 4.79 Å². The molecule has 0 saturated heterocycles. The number of carbonyl (C=O) groups is 1. The van der Waals surface area contributed by atoms with Gasteiger partial charge in [0.2, 0.25) is 0 Å². The largest absolute Gasteiger partial charge is 0.465 e. The second-order valence-electron chi connectivity index (χ2n) is 6.08. The van der Waals surface area contributed by atoms with Gasteiger partial charge in [0, 0.05) is 12.1 Å². The van der Waals surface area contributed by atoms with Crippen LogP contribution in [0.5, 0.6) is 0 Å². The highest BCUT2D eigenvalue weighted by molar-refractivity contribution is 5.86. The molecule has 25 heavy (non-hydrogen) atoms. The van der Waals surface area contributed by atoms with Gasteiger partial charge >= 0.3 is 6.09 Å². The van der Waals surface area contributed by atoms with Crippen molar-refractivity contribution in [2.45, 2.75) is 25.3 Å². The number of hydrogen-bond acceptors (Lipinski definition) is 3. The monoisotopic (exact) mass is 338 g/mol. The Balaban J connectivity index is 1.61. The molecule has 6 nitrogen and oxygen atoms in total. The molecular formula is C19H22N4O2. The van der Waals surface area contributed by atoms with Gasteiger partial charge in [-0.05, 0) is 36.1 Å². The van der Waals surface area contributed by atoms with Crippen LogP contribution >= 0.6 is 0 Å². The predicted octanol–water partition coefficient (Wildman–Crippen LogP) is 3.67. The second-order valence-corrected chi connectivity index (χ2v) is 6.08. The van der Waals surface area contributed by atoms with E-state index in [1.165, 1.54) is 10.8 Å². The van der Waals surface area contributed by atoms with E-state index in [0.29, 0.717) is 6.54 Å². The van der Waals surface area contributed by atoms with Crippen LogP contribution in [0.4, 0.5) is 4.79 Å². The summed E-state index contributed by atoms with van der Waals surface area (Å²) in [6, 6.07) is 14.4. The maximum absolute atomic E-state index is 10.4. The molecule has 0 aliphatic rings. The molecule has 0 saturated carbocycles. The van der Waals surface area contributed by atoms with Gasteiger partial charge in [0.1, 0.15) is 5.82 Å². The molecule has 2 aromatic carbocycles. The highest BCUT2D eigenvalue weighted by Gasteiger charge is 2.11. The number of nitrogens with one attached hydrogen (secondary N) is 2. The summed E-state index contributed by atoms with van der Waals surface area (Å²) in [5.41, 5.74) is 8.22. The number of H-pyrrole nitrogens is 1. The molecule has 3 rings (SSSR count). The molecule has 0 aliphatic carbocycles. The Morgan fingerprint density at radius 1 is 1.20 bits per heavy atom. The quantitative estimate of drug-likeness (QED) is 0.493. The van der Waals surface area contributed by atoms with Gasteiger partial charge < -0.3 is 21.1 Å². The molecule has 0 radical (unpaired) electrons. The molecule has 1 atom stereocenters. The van der Waals surface area contributed by atoms with Crippen LogP contribution < -0.4 is 11.1 Å². The van der Waals surface area contributed by atoms with Gasteiger partial charge in [-0.1, -0.05) is 36.4 Å². The first-order valence-corrected chi connectivity index (χ1v) is 8.40. The molecule has 6 heteroatoms. The molecule has 1 heterocycles. The third-order valence-corrected chi connectivity index (χ3v) is 4.23. The molecule has 0 fully saturated rings. The Kier molecular flexibility index (Phi) is 5.30. The minimum Gasteiger partial charge on any atom is -0.465 e. The van der Waals surface area contributed by atoms with Crippen molar-refractivity contribution in [1.29, 1.82) is 0 Å². The normalized spacial score (nSPS) is 12.2. The number of nitrogens with zero attached hydrogens (tertiary/aromatic N) is 1. The maximum atomic E-state index is 10.4. The van der Waals surface area contributed by atoms with E-state index in [0.717, 1.165) is 36.3 Å². The van der Waals surface area contributed by atoms with Crippen LogP contribution in [0, 0.1) is 0 Å². The number of amides is 1. The highest BCUT2D eigenvalue weighted by Crippen LogP contribution is 2.24. The number of nitrogens with two attached hydrogens (primary N) is 1. The van der Waals surface area contributed by atoms with Gasteiger partial charge in [0.15, 0.2) is 0 Å². The molecule has 1 aromatic heterocycles. The summed E-state index contributed by atoms with van der Waals surface area (Å²) in [4.78, 5) is 18.1. The van der Waals surface area contributed by atoms with Gasteiger partial charge in [-0.15, -0.1) is 0 Å². The number of hydrogen-bond donors (Lipinski definition) is 4. The van der Waals surface area contributed by atoms with Crippen molar-refractivity contribution in [3.05, 3.63) is 54.5 Å². The molecule has 130 valence electrons. The van der Waals surface area contributed by atoms with Crippen molar-refractivity contribution in [1.82, 2.24) is 15.3 Å². The zero-order valence-corrected chi connectivity index (χ0v) is 13.9. The van der Waals surface area contributed by atoms with Crippen LogP contribution in [0.2, 0.25) is 0 Å². The third-order valence-electron chi connectivity index (χ3n) is 4.23. The molecule has 1 amide bonds. The Hall–Kier alpha value is -2.86. The van der Waals surface area contributed by atoms with Crippen molar-refractivity contribution in [3.63, 3.8) is 0 Å². The van der Waals surface area contributed by atoms with Gasteiger partial charge in [-0.3, -0.25) is 0 Å². The molecule has 5 N–H and O–H groups in total. The lowest BCUT2D eigenvalue weighted by Gasteiger charge is -2.08. The summed E-state index contributed by atoms with van der Waals surface area (Å²) in [5.74, 6) is 0.759. The van der Waals surface area contributed by atoms with Crippen LogP contribution in [0.1, 0.15) is 31.1 Å². The van der Waals surface area contributed by atoms with Gasteiger partial charge in [-0.25, -0.2) is 9.78 Å². The SMILES string of the molecule is NC(CCCCNC(=O)O)c1ncc(-c2ccc3ccccc3c2)[nH]1. The van der Waals surface area contributed by atoms with Crippen LogP contribution in [0.15, 0.2) is 48.7 Å². The van der Waals surface area contributed by atoms with E-state index in [1.54, 1.807) is 0 Å². The summed E-state index contributed by atoms with van der Waals surface area (Å²) in [7, 11) is 0. The lowest BCUT2D eigenvalue weighted by atomic mass is 10.1. The summed E-state index contributed by atoms with van der Waals surface area (Å²) in [5, 5.41) is 13.3. The summed E-state index contributed by atoms with van der Waals surface area (Å²) >= 11 is 0. The fourth-order valence-corrected chi connectivity index (χ4v) is 2.85. The van der Waals surface area contributed by atoms with Crippen molar-refractivity contribution < 1.29 is 9.90 Å². The zero-order chi connectivity index (χ0) is 17.6. The summed E-state index contributed by atoms with van der Waals surface area (Å²) < 4.78 is 0. The van der Waals surface area contributed by atoms with E-state index in [4.69, 9.17) is 10.8 Å². The minimum atomic E-state index is -0.990. The average molecular weight is 338 g/mol. The number of imidazole rings is 1.